The van der Waals surface area contributed by atoms with Gasteiger partial charge in [0.1, 0.15) is 17.1 Å². The van der Waals surface area contributed by atoms with Crippen molar-refractivity contribution in [2.75, 3.05) is 12.4 Å². The fraction of sp³-hybridized carbons (Fsp3) is 0.355. The van der Waals surface area contributed by atoms with E-state index in [9.17, 15) is 13.2 Å². The minimum Gasteiger partial charge on any atom is -0.444 e. The lowest BCUT2D eigenvalue weighted by atomic mass is 10.1. The summed E-state index contributed by atoms with van der Waals surface area (Å²) in [5, 5.41) is 9.48. The summed E-state index contributed by atoms with van der Waals surface area (Å²) in [4.78, 5) is 21.5. The van der Waals surface area contributed by atoms with E-state index >= 15 is 0 Å². The number of sulfone groups is 1. The number of ether oxygens (including phenoxy) is 1. The SMILES string of the molecule is CC.CNCc1ccc(-c2cc(-c3cc(-c4ccc(S(=O)(=O)C(C)C)cn4)cnc3NC(=O)OC(C)(C)C)on2)cc1. The van der Waals surface area contributed by atoms with E-state index in [2.05, 4.69) is 25.8 Å². The quantitative estimate of drug-likeness (QED) is 0.227. The molecule has 11 heteroatoms. The number of nitrogens with one attached hydrogen (secondary N) is 2. The van der Waals surface area contributed by atoms with Gasteiger partial charge in [0.15, 0.2) is 15.6 Å². The molecule has 0 aliphatic heterocycles. The molecule has 0 saturated carbocycles. The summed E-state index contributed by atoms with van der Waals surface area (Å²) >= 11 is 0. The van der Waals surface area contributed by atoms with E-state index in [-0.39, 0.29) is 10.7 Å². The summed E-state index contributed by atoms with van der Waals surface area (Å²) in [6, 6.07) is 14.6. The number of anilines is 1. The molecule has 1 aromatic carbocycles. The first-order chi connectivity index (χ1) is 19.9. The first-order valence-electron chi connectivity index (χ1n) is 13.8. The van der Waals surface area contributed by atoms with E-state index in [0.717, 1.165) is 17.7 Å². The van der Waals surface area contributed by atoms with Crippen LogP contribution in [0, 0.1) is 0 Å². The molecule has 4 aromatic rings. The zero-order chi connectivity index (χ0) is 31.1. The van der Waals surface area contributed by atoms with Gasteiger partial charge in [-0.15, -0.1) is 0 Å². The van der Waals surface area contributed by atoms with Gasteiger partial charge in [-0.1, -0.05) is 43.3 Å². The number of hydrogen-bond donors (Lipinski definition) is 2. The Morgan fingerprint density at radius 2 is 1.64 bits per heavy atom. The molecule has 0 radical (unpaired) electrons. The number of aromatic nitrogens is 3. The maximum absolute atomic E-state index is 12.6. The van der Waals surface area contributed by atoms with E-state index in [0.29, 0.717) is 28.3 Å². The molecule has 3 heterocycles. The number of nitrogens with zero attached hydrogens (tertiary/aromatic N) is 3. The van der Waals surface area contributed by atoms with Crippen molar-refractivity contribution in [2.24, 2.45) is 0 Å². The van der Waals surface area contributed by atoms with Gasteiger partial charge in [0.2, 0.25) is 0 Å². The Balaban J connectivity index is 0.00000237. The molecule has 1 amide bonds. The second kappa shape index (κ2) is 13.7. The van der Waals surface area contributed by atoms with Crippen LogP contribution in [0.2, 0.25) is 0 Å². The van der Waals surface area contributed by atoms with E-state index in [4.69, 9.17) is 9.26 Å². The largest absolute Gasteiger partial charge is 0.444 e. The molecule has 4 rings (SSSR count). The topological polar surface area (TPSA) is 136 Å². The molecule has 3 aromatic heterocycles. The van der Waals surface area contributed by atoms with Gasteiger partial charge in [-0.05, 0) is 65.4 Å². The second-order valence-electron chi connectivity index (χ2n) is 10.5. The van der Waals surface area contributed by atoms with Gasteiger partial charge in [-0.25, -0.2) is 18.2 Å². The highest BCUT2D eigenvalue weighted by Gasteiger charge is 2.22. The summed E-state index contributed by atoms with van der Waals surface area (Å²) in [5.41, 5.74) is 3.45. The number of hydrogen-bond acceptors (Lipinski definition) is 9. The maximum atomic E-state index is 12.6. The van der Waals surface area contributed by atoms with Gasteiger partial charge in [0, 0.05) is 36.1 Å². The normalized spacial score (nSPS) is 11.5. The molecule has 0 aliphatic carbocycles. The van der Waals surface area contributed by atoms with Crippen LogP contribution in [0.5, 0.6) is 0 Å². The van der Waals surface area contributed by atoms with Crippen molar-refractivity contribution in [3.63, 3.8) is 0 Å². The monoisotopic (exact) mass is 593 g/mol. The van der Waals surface area contributed by atoms with Crippen molar-refractivity contribution in [1.82, 2.24) is 20.4 Å². The zero-order valence-corrected chi connectivity index (χ0v) is 26.2. The van der Waals surface area contributed by atoms with Crippen LogP contribution >= 0.6 is 0 Å². The minimum atomic E-state index is -3.46. The molecule has 2 N–H and O–H groups in total. The van der Waals surface area contributed by atoms with Crippen LogP contribution in [0.25, 0.3) is 33.8 Å². The molecule has 0 atom stereocenters. The molecule has 0 saturated heterocycles. The molecule has 0 unspecified atom stereocenters. The standard InChI is InChI=1S/C29H33N5O5S.C2H6/c1-18(2)40(36,37)22-11-12-24(31-17-22)21-13-23(27(32-16-21)33-28(35)38-29(3,4)5)26-14-25(34-39-26)20-9-7-19(8-10-20)15-30-6;1-2/h7-14,16-18,30H,15H2,1-6H3,(H,32,33,35);1-2H3. The molecule has 42 heavy (non-hydrogen) atoms. The Hall–Kier alpha value is -4.09. The van der Waals surface area contributed by atoms with Gasteiger partial charge in [0.25, 0.3) is 0 Å². The second-order valence-corrected chi connectivity index (χ2v) is 13.0. The highest BCUT2D eigenvalue weighted by atomic mass is 32.2. The highest BCUT2D eigenvalue weighted by molar-refractivity contribution is 7.92. The highest BCUT2D eigenvalue weighted by Crippen LogP contribution is 2.34. The van der Waals surface area contributed by atoms with Gasteiger partial charge < -0.3 is 14.6 Å². The van der Waals surface area contributed by atoms with Crippen LogP contribution in [0.1, 0.15) is 54.0 Å². The molecular weight excluding hydrogens is 554 g/mol. The van der Waals surface area contributed by atoms with E-state index in [1.165, 1.54) is 18.5 Å². The summed E-state index contributed by atoms with van der Waals surface area (Å²) in [7, 11) is -1.57. The molecule has 0 spiro atoms. The number of amides is 1. The smallest absolute Gasteiger partial charge is 0.413 e. The Labute approximate surface area is 247 Å². The third-order valence-corrected chi connectivity index (χ3v) is 8.03. The molecule has 0 bridgehead atoms. The average molecular weight is 594 g/mol. The van der Waals surface area contributed by atoms with Crippen LogP contribution in [0.3, 0.4) is 0 Å². The average Bonchev–Trinajstić information content (AvgIpc) is 3.44. The summed E-state index contributed by atoms with van der Waals surface area (Å²) in [6.07, 6.45) is 2.20. The van der Waals surface area contributed by atoms with Crippen molar-refractivity contribution >= 4 is 21.7 Å². The third-order valence-electron chi connectivity index (χ3n) is 5.89. The Bertz CT molecular complexity index is 1590. The lowest BCUT2D eigenvalue weighted by Crippen LogP contribution is -2.27. The Morgan fingerprint density at radius 1 is 0.952 bits per heavy atom. The predicted octanol–water partition coefficient (Wildman–Crippen LogP) is 6.74. The zero-order valence-electron chi connectivity index (χ0n) is 25.3. The van der Waals surface area contributed by atoms with Crippen molar-refractivity contribution in [3.8, 4) is 33.8 Å². The molecule has 10 nitrogen and oxygen atoms in total. The molecular formula is C31H39N5O5S. The number of benzene rings is 1. The van der Waals surface area contributed by atoms with Crippen LogP contribution in [0.4, 0.5) is 10.6 Å². The van der Waals surface area contributed by atoms with Crippen LogP contribution in [-0.2, 0) is 21.1 Å². The van der Waals surface area contributed by atoms with Crippen LogP contribution in [0.15, 0.2) is 70.3 Å². The van der Waals surface area contributed by atoms with Crippen molar-refractivity contribution in [1.29, 1.82) is 0 Å². The maximum Gasteiger partial charge on any atom is 0.413 e. The first kappa shape index (κ1) is 32.4. The van der Waals surface area contributed by atoms with Crippen molar-refractivity contribution < 1.29 is 22.5 Å². The van der Waals surface area contributed by atoms with Gasteiger partial charge in [-0.2, -0.15) is 0 Å². The number of carbonyl (C=O) groups is 1. The van der Waals surface area contributed by atoms with Crippen LogP contribution < -0.4 is 10.6 Å². The lowest BCUT2D eigenvalue weighted by molar-refractivity contribution is 0.0635. The fourth-order valence-electron chi connectivity index (χ4n) is 3.82. The molecule has 0 aliphatic rings. The predicted molar refractivity (Wildman–Crippen MR) is 165 cm³/mol. The number of carbonyl (C=O) groups excluding carboxylic acids is 1. The first-order valence-corrected chi connectivity index (χ1v) is 15.3. The Morgan fingerprint density at radius 3 is 2.21 bits per heavy atom. The van der Waals surface area contributed by atoms with E-state index in [1.54, 1.807) is 52.8 Å². The van der Waals surface area contributed by atoms with Gasteiger partial charge >= 0.3 is 6.09 Å². The number of rotatable bonds is 8. The van der Waals surface area contributed by atoms with Crippen molar-refractivity contribution in [3.05, 3.63) is 66.5 Å². The van der Waals surface area contributed by atoms with E-state index < -0.39 is 26.8 Å². The van der Waals surface area contributed by atoms with Gasteiger partial charge in [0.05, 0.1) is 21.4 Å². The molecule has 224 valence electrons. The van der Waals surface area contributed by atoms with Gasteiger partial charge in [-0.3, -0.25) is 10.3 Å². The van der Waals surface area contributed by atoms with E-state index in [1.807, 2.05) is 45.2 Å². The van der Waals surface area contributed by atoms with Crippen LogP contribution in [-0.4, -0.2) is 47.5 Å². The summed E-state index contributed by atoms with van der Waals surface area (Å²) in [6.45, 7) is 13.3. The lowest BCUT2D eigenvalue weighted by Gasteiger charge is -2.20. The number of pyridine rings is 2. The van der Waals surface area contributed by atoms with Crippen molar-refractivity contribution in [2.45, 2.75) is 70.8 Å². The molecule has 0 fully saturated rings. The minimum absolute atomic E-state index is 0.142. The Kier molecular flexibility index (Phi) is 10.6. The third kappa shape index (κ3) is 8.01. The summed E-state index contributed by atoms with van der Waals surface area (Å²) in [5.74, 6) is 0.581. The summed E-state index contributed by atoms with van der Waals surface area (Å²) < 4.78 is 36.1. The fourth-order valence-corrected chi connectivity index (χ4v) is 4.82.